The molecule has 2 amide bonds. The van der Waals surface area contributed by atoms with Crippen LogP contribution in [0.5, 0.6) is 5.75 Å². The Kier molecular flexibility index (Phi) is 7.60. The number of nitrogens with zero attached hydrogens (tertiary/aromatic N) is 2. The van der Waals surface area contributed by atoms with Gasteiger partial charge in [0, 0.05) is 19.2 Å². The van der Waals surface area contributed by atoms with Gasteiger partial charge >= 0.3 is 0 Å². The lowest BCUT2D eigenvalue weighted by Crippen LogP contribution is -2.39. The Morgan fingerprint density at radius 3 is 2.38 bits per heavy atom. The van der Waals surface area contributed by atoms with Crippen LogP contribution in [0.4, 0.5) is 18.9 Å². The summed E-state index contributed by atoms with van der Waals surface area (Å²) in [7, 11) is 4.71. The maximum atomic E-state index is 13.6. The second-order valence-electron chi connectivity index (χ2n) is 6.51. The molecular formula is C20H22F3N3O3. The molecule has 0 bridgehead atoms. The number of amides is 2. The van der Waals surface area contributed by atoms with Crippen molar-refractivity contribution in [2.75, 3.05) is 39.6 Å². The van der Waals surface area contributed by atoms with Crippen LogP contribution in [0, 0.1) is 17.5 Å². The van der Waals surface area contributed by atoms with Gasteiger partial charge in [-0.25, -0.2) is 13.2 Å². The molecule has 0 fully saturated rings. The molecule has 0 aromatic heterocycles. The lowest BCUT2D eigenvalue weighted by molar-refractivity contribution is -0.131. The standard InChI is InChI=1S/C20H22F3N3O3/c1-25(11-17(27)24-15-9-8-14(21)19(22)20(15)23)12-18(28)26(2)10-13-6-4-5-7-16(13)29-3/h4-9H,10-12H2,1-3H3,(H,24,27). The van der Waals surface area contributed by atoms with Gasteiger partial charge in [0.1, 0.15) is 5.75 Å². The molecule has 2 aromatic carbocycles. The Bertz CT molecular complexity index is 893. The van der Waals surface area contributed by atoms with E-state index in [0.717, 1.165) is 11.6 Å². The fraction of sp³-hybridized carbons (Fsp3) is 0.300. The number of para-hydroxylation sites is 1. The third-order valence-electron chi connectivity index (χ3n) is 4.15. The van der Waals surface area contributed by atoms with Crippen molar-refractivity contribution in [1.82, 2.24) is 9.80 Å². The zero-order valence-electron chi connectivity index (χ0n) is 16.3. The van der Waals surface area contributed by atoms with E-state index in [1.54, 1.807) is 20.2 Å². The number of benzene rings is 2. The number of hydrogen-bond donors (Lipinski definition) is 1. The summed E-state index contributed by atoms with van der Waals surface area (Å²) in [4.78, 5) is 27.3. The van der Waals surface area contributed by atoms with Crippen LogP contribution in [0.25, 0.3) is 0 Å². The molecule has 0 aliphatic rings. The average Bonchev–Trinajstić information content (AvgIpc) is 2.68. The molecule has 2 aromatic rings. The second-order valence-corrected chi connectivity index (χ2v) is 6.51. The summed E-state index contributed by atoms with van der Waals surface area (Å²) in [6, 6.07) is 8.94. The normalized spacial score (nSPS) is 10.7. The molecule has 6 nitrogen and oxygen atoms in total. The van der Waals surface area contributed by atoms with Gasteiger partial charge in [0.2, 0.25) is 11.8 Å². The third-order valence-corrected chi connectivity index (χ3v) is 4.15. The van der Waals surface area contributed by atoms with Crippen LogP contribution in [0.3, 0.4) is 0 Å². The van der Waals surface area contributed by atoms with Crippen molar-refractivity contribution in [3.63, 3.8) is 0 Å². The number of carbonyl (C=O) groups excluding carboxylic acids is 2. The van der Waals surface area contributed by atoms with Gasteiger partial charge in [0.05, 0.1) is 25.9 Å². The van der Waals surface area contributed by atoms with Crippen LogP contribution >= 0.6 is 0 Å². The van der Waals surface area contributed by atoms with E-state index >= 15 is 0 Å². The zero-order chi connectivity index (χ0) is 21.6. The van der Waals surface area contributed by atoms with Crippen molar-refractivity contribution in [1.29, 1.82) is 0 Å². The van der Waals surface area contributed by atoms with Crippen molar-refractivity contribution in [3.8, 4) is 5.75 Å². The molecule has 0 aliphatic heterocycles. The average molecular weight is 409 g/mol. The molecule has 0 radical (unpaired) electrons. The molecule has 0 saturated heterocycles. The number of carbonyl (C=O) groups is 2. The second kappa shape index (κ2) is 9.92. The largest absolute Gasteiger partial charge is 0.496 e. The minimum atomic E-state index is -1.66. The topological polar surface area (TPSA) is 61.9 Å². The minimum absolute atomic E-state index is 0.0701. The maximum absolute atomic E-state index is 13.6. The molecule has 0 unspecified atom stereocenters. The SMILES string of the molecule is COc1ccccc1CN(C)C(=O)CN(C)CC(=O)Nc1ccc(F)c(F)c1F. The van der Waals surface area contributed by atoms with Crippen LogP contribution in [0.15, 0.2) is 36.4 Å². The fourth-order valence-electron chi connectivity index (χ4n) is 2.64. The van der Waals surface area contributed by atoms with Gasteiger partial charge in [-0.15, -0.1) is 0 Å². The van der Waals surface area contributed by atoms with E-state index < -0.39 is 29.0 Å². The molecule has 0 spiro atoms. The minimum Gasteiger partial charge on any atom is -0.496 e. The predicted octanol–water partition coefficient (Wildman–Crippen LogP) is 2.64. The van der Waals surface area contributed by atoms with Crippen LogP contribution in [0.2, 0.25) is 0 Å². The summed E-state index contributed by atoms with van der Waals surface area (Å²) in [5.74, 6) is -4.74. The van der Waals surface area contributed by atoms with Gasteiger partial charge in [0.15, 0.2) is 17.5 Å². The monoisotopic (exact) mass is 409 g/mol. The fourth-order valence-corrected chi connectivity index (χ4v) is 2.64. The molecule has 2 rings (SSSR count). The Labute approximate surface area is 166 Å². The highest BCUT2D eigenvalue weighted by Gasteiger charge is 2.18. The Morgan fingerprint density at radius 2 is 1.69 bits per heavy atom. The molecule has 0 atom stereocenters. The first-order valence-corrected chi connectivity index (χ1v) is 8.70. The van der Waals surface area contributed by atoms with E-state index in [-0.39, 0.29) is 19.0 Å². The van der Waals surface area contributed by atoms with Crippen molar-refractivity contribution in [2.45, 2.75) is 6.54 Å². The summed E-state index contributed by atoms with van der Waals surface area (Å²) in [6.45, 7) is 0.00888. The molecule has 0 aliphatic carbocycles. The van der Waals surface area contributed by atoms with Gasteiger partial charge in [0.25, 0.3) is 0 Å². The van der Waals surface area contributed by atoms with E-state index in [1.807, 2.05) is 18.2 Å². The molecule has 0 heterocycles. The number of ether oxygens (including phenoxy) is 1. The first-order chi connectivity index (χ1) is 13.7. The summed E-state index contributed by atoms with van der Waals surface area (Å²) in [5.41, 5.74) is 0.363. The summed E-state index contributed by atoms with van der Waals surface area (Å²) in [6.07, 6.45) is 0. The van der Waals surface area contributed by atoms with E-state index in [9.17, 15) is 22.8 Å². The Balaban J connectivity index is 1.89. The number of hydrogen-bond acceptors (Lipinski definition) is 4. The maximum Gasteiger partial charge on any atom is 0.238 e. The van der Waals surface area contributed by atoms with Crippen molar-refractivity contribution in [3.05, 3.63) is 59.4 Å². The van der Waals surface area contributed by atoms with Crippen LogP contribution in [0.1, 0.15) is 5.56 Å². The first kappa shape index (κ1) is 22.2. The summed E-state index contributed by atoms with van der Waals surface area (Å²) < 4.78 is 45.1. The summed E-state index contributed by atoms with van der Waals surface area (Å²) in [5, 5.41) is 2.16. The number of halogens is 3. The Morgan fingerprint density at radius 1 is 1.00 bits per heavy atom. The van der Waals surface area contributed by atoms with Gasteiger partial charge in [-0.05, 0) is 25.2 Å². The van der Waals surface area contributed by atoms with Crippen molar-refractivity contribution >= 4 is 17.5 Å². The van der Waals surface area contributed by atoms with E-state index in [2.05, 4.69) is 5.32 Å². The smallest absolute Gasteiger partial charge is 0.238 e. The number of nitrogens with one attached hydrogen (secondary N) is 1. The quantitative estimate of drug-likeness (QED) is 0.681. The van der Waals surface area contributed by atoms with Crippen molar-refractivity contribution < 1.29 is 27.5 Å². The lowest BCUT2D eigenvalue weighted by Gasteiger charge is -2.22. The van der Waals surface area contributed by atoms with Gasteiger partial charge in [-0.1, -0.05) is 18.2 Å². The number of rotatable bonds is 8. The number of likely N-dealkylation sites (N-methyl/N-ethyl adjacent to an activating group) is 2. The van der Waals surface area contributed by atoms with Crippen LogP contribution in [-0.4, -0.2) is 55.9 Å². The zero-order valence-corrected chi connectivity index (χ0v) is 16.3. The number of anilines is 1. The highest BCUT2D eigenvalue weighted by atomic mass is 19.2. The molecular weight excluding hydrogens is 387 g/mol. The van der Waals surface area contributed by atoms with Crippen molar-refractivity contribution in [2.24, 2.45) is 0 Å². The first-order valence-electron chi connectivity index (χ1n) is 8.70. The highest BCUT2D eigenvalue weighted by Crippen LogP contribution is 2.20. The third kappa shape index (κ3) is 5.95. The molecule has 9 heteroatoms. The Hall–Kier alpha value is -3.07. The number of methoxy groups -OCH3 is 1. The molecule has 29 heavy (non-hydrogen) atoms. The molecule has 156 valence electrons. The molecule has 0 saturated carbocycles. The van der Waals surface area contributed by atoms with Gasteiger partial charge in [-0.2, -0.15) is 0 Å². The van der Waals surface area contributed by atoms with Crippen LogP contribution < -0.4 is 10.1 Å². The van der Waals surface area contributed by atoms with Gasteiger partial charge < -0.3 is 15.0 Å². The molecule has 1 N–H and O–H groups in total. The lowest BCUT2D eigenvalue weighted by atomic mass is 10.2. The van der Waals surface area contributed by atoms with E-state index in [1.165, 1.54) is 16.8 Å². The van der Waals surface area contributed by atoms with E-state index in [4.69, 9.17) is 4.74 Å². The highest BCUT2D eigenvalue weighted by molar-refractivity contribution is 5.92. The predicted molar refractivity (Wildman–Crippen MR) is 102 cm³/mol. The van der Waals surface area contributed by atoms with Crippen LogP contribution in [-0.2, 0) is 16.1 Å². The van der Waals surface area contributed by atoms with Gasteiger partial charge in [-0.3, -0.25) is 14.5 Å². The summed E-state index contributed by atoms with van der Waals surface area (Å²) >= 11 is 0. The van der Waals surface area contributed by atoms with E-state index in [0.29, 0.717) is 18.4 Å².